The molecule has 0 aliphatic heterocycles. The third-order valence-electron chi connectivity index (χ3n) is 2.64. The third-order valence-corrected chi connectivity index (χ3v) is 3.90. The van der Waals surface area contributed by atoms with Gasteiger partial charge in [-0.05, 0) is 37.3 Å². The molecule has 3 rings (SSSR count). The molecule has 0 saturated heterocycles. The van der Waals surface area contributed by atoms with Gasteiger partial charge >= 0.3 is 0 Å². The molecule has 0 fully saturated rings. The van der Waals surface area contributed by atoms with Crippen LogP contribution in [-0.4, -0.2) is 9.97 Å². The minimum Gasteiger partial charge on any atom is -0.439 e. The molecule has 0 atom stereocenters. The Hall–Kier alpha value is -1.91. The van der Waals surface area contributed by atoms with Crippen LogP contribution in [0, 0.1) is 6.92 Å². The van der Waals surface area contributed by atoms with Gasteiger partial charge in [-0.15, -0.1) is 11.3 Å². The Kier molecular flexibility index (Phi) is 3.67. The summed E-state index contributed by atoms with van der Waals surface area (Å²) in [4.78, 5) is 8.72. The first-order valence-corrected chi connectivity index (χ1v) is 7.28. The molecule has 100 valence electrons. The van der Waals surface area contributed by atoms with E-state index in [0.29, 0.717) is 16.7 Å². The number of ether oxygens (including phenoxy) is 1. The number of hydrogen-bond donors (Lipinski definition) is 0. The molecule has 20 heavy (non-hydrogen) atoms. The third kappa shape index (κ3) is 2.98. The van der Waals surface area contributed by atoms with Crippen molar-refractivity contribution in [3.05, 3.63) is 58.7 Å². The van der Waals surface area contributed by atoms with Gasteiger partial charge in [-0.2, -0.15) is 0 Å². The summed E-state index contributed by atoms with van der Waals surface area (Å²) in [6, 6.07) is 11.0. The highest BCUT2D eigenvalue weighted by molar-refractivity contribution is 7.13. The van der Waals surface area contributed by atoms with Crippen LogP contribution >= 0.6 is 22.9 Å². The fourth-order valence-corrected chi connectivity index (χ4v) is 2.59. The number of nitrogens with zero attached hydrogens (tertiary/aromatic N) is 2. The monoisotopic (exact) mass is 302 g/mol. The standard InChI is InChI=1S/C15H11ClN2OS/c1-10-9-20-15(18-10)11-2-7-14(17-8-11)19-13-5-3-12(16)4-6-13/h2-9H,1H3. The molecule has 0 N–H and O–H groups in total. The summed E-state index contributed by atoms with van der Waals surface area (Å²) in [5.41, 5.74) is 2.01. The van der Waals surface area contributed by atoms with Crippen molar-refractivity contribution in [2.45, 2.75) is 6.92 Å². The molecule has 3 aromatic rings. The Balaban J connectivity index is 1.77. The van der Waals surface area contributed by atoms with Crippen molar-refractivity contribution < 1.29 is 4.74 Å². The lowest BCUT2D eigenvalue weighted by Crippen LogP contribution is -1.88. The molecule has 0 aliphatic carbocycles. The summed E-state index contributed by atoms with van der Waals surface area (Å²) < 4.78 is 5.64. The first-order chi connectivity index (χ1) is 9.70. The zero-order chi connectivity index (χ0) is 13.9. The zero-order valence-electron chi connectivity index (χ0n) is 10.7. The van der Waals surface area contributed by atoms with Crippen molar-refractivity contribution in [2.75, 3.05) is 0 Å². The van der Waals surface area contributed by atoms with E-state index >= 15 is 0 Å². The highest BCUT2D eigenvalue weighted by Crippen LogP contribution is 2.26. The minimum atomic E-state index is 0.546. The summed E-state index contributed by atoms with van der Waals surface area (Å²) in [7, 11) is 0. The van der Waals surface area contributed by atoms with Gasteiger partial charge in [0.05, 0.1) is 0 Å². The van der Waals surface area contributed by atoms with Gasteiger partial charge in [0.15, 0.2) is 0 Å². The Morgan fingerprint density at radius 2 is 1.90 bits per heavy atom. The van der Waals surface area contributed by atoms with Gasteiger partial charge in [-0.1, -0.05) is 11.6 Å². The molecule has 2 heterocycles. The fraction of sp³-hybridized carbons (Fsp3) is 0.0667. The number of rotatable bonds is 3. The average molecular weight is 303 g/mol. The molecule has 1 aromatic carbocycles. The molecule has 0 spiro atoms. The molecule has 0 bridgehead atoms. The van der Waals surface area contributed by atoms with Crippen molar-refractivity contribution in [3.63, 3.8) is 0 Å². The predicted octanol–water partition coefficient (Wildman–Crippen LogP) is 4.96. The lowest BCUT2D eigenvalue weighted by Gasteiger charge is -2.05. The lowest BCUT2D eigenvalue weighted by atomic mass is 10.3. The minimum absolute atomic E-state index is 0.546. The first kappa shape index (κ1) is 13.1. The van der Waals surface area contributed by atoms with Gasteiger partial charge in [0.2, 0.25) is 5.88 Å². The number of aromatic nitrogens is 2. The molecule has 0 amide bonds. The second kappa shape index (κ2) is 5.61. The maximum Gasteiger partial charge on any atom is 0.219 e. The van der Waals surface area contributed by atoms with Crippen molar-refractivity contribution in [3.8, 4) is 22.2 Å². The van der Waals surface area contributed by atoms with Gasteiger partial charge in [0.25, 0.3) is 0 Å². The summed E-state index contributed by atoms with van der Waals surface area (Å²) in [6.45, 7) is 1.98. The second-order valence-electron chi connectivity index (χ2n) is 4.24. The maximum atomic E-state index is 5.83. The summed E-state index contributed by atoms with van der Waals surface area (Å²) in [6.07, 6.45) is 1.77. The molecule has 3 nitrogen and oxygen atoms in total. The fourth-order valence-electron chi connectivity index (χ4n) is 1.68. The Morgan fingerprint density at radius 3 is 2.50 bits per heavy atom. The van der Waals surface area contributed by atoms with E-state index in [1.165, 1.54) is 0 Å². The Labute approximate surface area is 125 Å². The van der Waals surface area contributed by atoms with Crippen molar-refractivity contribution in [1.82, 2.24) is 9.97 Å². The SMILES string of the molecule is Cc1csc(-c2ccc(Oc3ccc(Cl)cc3)nc2)n1. The topological polar surface area (TPSA) is 35.0 Å². The van der Waals surface area contributed by atoms with Crippen molar-refractivity contribution >= 4 is 22.9 Å². The molecule has 0 saturated carbocycles. The van der Waals surface area contributed by atoms with E-state index in [9.17, 15) is 0 Å². The molecular weight excluding hydrogens is 292 g/mol. The molecular formula is C15H11ClN2OS. The zero-order valence-corrected chi connectivity index (χ0v) is 12.3. The van der Waals surface area contributed by atoms with E-state index in [-0.39, 0.29) is 0 Å². The van der Waals surface area contributed by atoms with E-state index in [1.807, 2.05) is 36.6 Å². The van der Waals surface area contributed by atoms with E-state index in [2.05, 4.69) is 9.97 Å². The lowest BCUT2D eigenvalue weighted by molar-refractivity contribution is 0.463. The molecule has 0 radical (unpaired) electrons. The average Bonchev–Trinajstić information content (AvgIpc) is 2.89. The number of aryl methyl sites for hydroxylation is 1. The Bertz CT molecular complexity index is 707. The van der Waals surface area contributed by atoms with E-state index in [0.717, 1.165) is 16.3 Å². The normalized spacial score (nSPS) is 10.5. The van der Waals surface area contributed by atoms with Crippen LogP contribution in [0.1, 0.15) is 5.69 Å². The van der Waals surface area contributed by atoms with Gasteiger partial charge in [0, 0.05) is 33.9 Å². The highest BCUT2D eigenvalue weighted by atomic mass is 35.5. The molecule has 0 unspecified atom stereocenters. The number of thiazole rings is 1. The molecule has 0 aliphatic rings. The molecule has 5 heteroatoms. The van der Waals surface area contributed by atoms with E-state index in [4.69, 9.17) is 16.3 Å². The number of hydrogen-bond acceptors (Lipinski definition) is 4. The van der Waals surface area contributed by atoms with Crippen LogP contribution in [0.3, 0.4) is 0 Å². The summed E-state index contributed by atoms with van der Waals surface area (Å²) in [5, 5.41) is 3.67. The van der Waals surface area contributed by atoms with Crippen LogP contribution in [0.5, 0.6) is 11.6 Å². The van der Waals surface area contributed by atoms with Crippen molar-refractivity contribution in [1.29, 1.82) is 0 Å². The van der Waals surface area contributed by atoms with Crippen LogP contribution in [0.15, 0.2) is 48.0 Å². The van der Waals surface area contributed by atoms with E-state index < -0.39 is 0 Å². The van der Waals surface area contributed by atoms with Crippen LogP contribution in [0.25, 0.3) is 10.6 Å². The quantitative estimate of drug-likeness (QED) is 0.686. The molecule has 2 aromatic heterocycles. The first-order valence-electron chi connectivity index (χ1n) is 6.03. The second-order valence-corrected chi connectivity index (χ2v) is 5.53. The van der Waals surface area contributed by atoms with Gasteiger partial charge < -0.3 is 4.74 Å². The van der Waals surface area contributed by atoms with Crippen molar-refractivity contribution in [2.24, 2.45) is 0 Å². The number of pyridine rings is 1. The van der Waals surface area contributed by atoms with Gasteiger partial charge in [0.1, 0.15) is 10.8 Å². The largest absolute Gasteiger partial charge is 0.439 e. The number of benzene rings is 1. The van der Waals surface area contributed by atoms with Gasteiger partial charge in [-0.3, -0.25) is 0 Å². The predicted molar refractivity (Wildman–Crippen MR) is 81.6 cm³/mol. The van der Waals surface area contributed by atoms with Crippen LogP contribution in [-0.2, 0) is 0 Å². The van der Waals surface area contributed by atoms with Crippen LogP contribution in [0.2, 0.25) is 5.02 Å². The Morgan fingerprint density at radius 1 is 1.10 bits per heavy atom. The highest BCUT2D eigenvalue weighted by Gasteiger charge is 2.04. The summed E-state index contributed by atoms with van der Waals surface area (Å²) in [5.74, 6) is 1.25. The maximum absolute atomic E-state index is 5.83. The van der Waals surface area contributed by atoms with Gasteiger partial charge in [-0.25, -0.2) is 9.97 Å². The van der Waals surface area contributed by atoms with E-state index in [1.54, 1.807) is 29.7 Å². The number of halogens is 1. The van der Waals surface area contributed by atoms with Crippen LogP contribution < -0.4 is 4.74 Å². The summed E-state index contributed by atoms with van der Waals surface area (Å²) >= 11 is 7.44. The smallest absolute Gasteiger partial charge is 0.219 e. The van der Waals surface area contributed by atoms with Crippen LogP contribution in [0.4, 0.5) is 0 Å².